The van der Waals surface area contributed by atoms with E-state index in [9.17, 15) is 13.6 Å². The zero-order chi connectivity index (χ0) is 14.3. The Morgan fingerprint density at radius 3 is 2.55 bits per heavy atom. The molecule has 1 N–H and O–H groups in total. The van der Waals surface area contributed by atoms with Gasteiger partial charge in [-0.1, -0.05) is 34.1 Å². The molecule has 3 rings (SSSR count). The van der Waals surface area contributed by atoms with Gasteiger partial charge in [0.05, 0.1) is 11.2 Å². The summed E-state index contributed by atoms with van der Waals surface area (Å²) in [6, 6.07) is 9.08. The summed E-state index contributed by atoms with van der Waals surface area (Å²) in [5.74, 6) is -1.26. The highest BCUT2D eigenvalue weighted by Crippen LogP contribution is 2.36. The molecule has 0 bridgehead atoms. The Morgan fingerprint density at radius 2 is 1.85 bits per heavy atom. The molecule has 0 radical (unpaired) electrons. The Labute approximate surface area is 122 Å². The van der Waals surface area contributed by atoms with Crippen LogP contribution in [0.15, 0.2) is 36.4 Å². The Kier molecular flexibility index (Phi) is 3.30. The van der Waals surface area contributed by atoms with Gasteiger partial charge in [0.15, 0.2) is 0 Å². The largest absolute Gasteiger partial charge is 0.326 e. The first-order valence-corrected chi connectivity index (χ1v) is 6.98. The fourth-order valence-corrected chi connectivity index (χ4v) is 3.05. The first-order valence-electron chi connectivity index (χ1n) is 6.07. The van der Waals surface area contributed by atoms with Gasteiger partial charge in [-0.15, -0.1) is 0 Å². The number of anilines is 1. The van der Waals surface area contributed by atoms with E-state index >= 15 is 0 Å². The molecule has 1 unspecified atom stereocenters. The maximum atomic E-state index is 13.8. The lowest BCUT2D eigenvalue weighted by Crippen LogP contribution is -2.03. The molecule has 0 saturated carbocycles. The van der Waals surface area contributed by atoms with E-state index < -0.39 is 16.5 Å². The normalized spacial score (nSPS) is 14.8. The van der Waals surface area contributed by atoms with Crippen LogP contribution in [0.2, 0.25) is 0 Å². The summed E-state index contributed by atoms with van der Waals surface area (Å²) in [5.41, 5.74) is 2.29. The lowest BCUT2D eigenvalue weighted by Gasteiger charge is -2.13. The summed E-state index contributed by atoms with van der Waals surface area (Å²) < 4.78 is 27.6. The highest BCUT2D eigenvalue weighted by molar-refractivity contribution is 9.09. The van der Waals surface area contributed by atoms with Crippen LogP contribution in [0.25, 0.3) is 0 Å². The van der Waals surface area contributed by atoms with Crippen molar-refractivity contribution in [2.24, 2.45) is 0 Å². The van der Waals surface area contributed by atoms with Crippen LogP contribution in [-0.2, 0) is 11.2 Å². The van der Waals surface area contributed by atoms with Gasteiger partial charge in [0, 0.05) is 11.3 Å². The van der Waals surface area contributed by atoms with Crippen LogP contribution in [-0.4, -0.2) is 5.91 Å². The molecule has 1 aliphatic heterocycles. The number of hydrogen-bond acceptors (Lipinski definition) is 1. The Balaban J connectivity index is 2.02. The smallest absolute Gasteiger partial charge is 0.228 e. The zero-order valence-corrected chi connectivity index (χ0v) is 11.9. The van der Waals surface area contributed by atoms with Crippen LogP contribution in [0.4, 0.5) is 14.5 Å². The fourth-order valence-electron chi connectivity index (χ4n) is 2.33. The summed E-state index contributed by atoms with van der Waals surface area (Å²) in [6.45, 7) is 0. The average Bonchev–Trinajstić information content (AvgIpc) is 2.77. The van der Waals surface area contributed by atoms with Gasteiger partial charge in [0.2, 0.25) is 5.91 Å². The maximum absolute atomic E-state index is 13.8. The van der Waals surface area contributed by atoms with E-state index in [0.29, 0.717) is 12.0 Å². The van der Waals surface area contributed by atoms with Gasteiger partial charge < -0.3 is 5.32 Å². The minimum absolute atomic E-state index is 0.0234. The third-order valence-electron chi connectivity index (χ3n) is 3.30. The van der Waals surface area contributed by atoms with Crippen LogP contribution in [0, 0.1) is 11.6 Å². The first-order chi connectivity index (χ1) is 9.56. The quantitative estimate of drug-likeness (QED) is 0.826. The Morgan fingerprint density at radius 1 is 1.15 bits per heavy atom. The lowest BCUT2D eigenvalue weighted by atomic mass is 10.0. The van der Waals surface area contributed by atoms with Gasteiger partial charge in [-0.3, -0.25) is 4.79 Å². The molecule has 0 aromatic heterocycles. The molecular formula is C15H10BrF2NO. The standard InChI is InChI=1S/C15H10BrF2NO/c16-15(14-10(17)2-1-3-11(14)18)8-4-5-12-9(6-8)7-13(20)19-12/h1-6,15H,7H2,(H,19,20). The number of carbonyl (C=O) groups excluding carboxylic acids is 1. The fraction of sp³-hybridized carbons (Fsp3) is 0.133. The molecule has 0 fully saturated rings. The molecule has 2 aromatic carbocycles. The monoisotopic (exact) mass is 337 g/mol. The van der Waals surface area contributed by atoms with Crippen LogP contribution >= 0.6 is 15.9 Å². The molecule has 1 atom stereocenters. The number of fused-ring (bicyclic) bond motifs is 1. The third-order valence-corrected chi connectivity index (χ3v) is 4.29. The van der Waals surface area contributed by atoms with Crippen molar-refractivity contribution in [3.8, 4) is 0 Å². The molecule has 2 nitrogen and oxygen atoms in total. The van der Waals surface area contributed by atoms with Gasteiger partial charge in [-0.25, -0.2) is 8.78 Å². The van der Waals surface area contributed by atoms with Crippen LogP contribution in [0.5, 0.6) is 0 Å². The summed E-state index contributed by atoms with van der Waals surface area (Å²) >= 11 is 3.33. The second-order valence-electron chi connectivity index (χ2n) is 4.64. The van der Waals surface area contributed by atoms with Crippen molar-refractivity contribution in [1.82, 2.24) is 0 Å². The molecular weight excluding hydrogens is 328 g/mol. The first kappa shape index (κ1) is 13.2. The van der Waals surface area contributed by atoms with E-state index in [2.05, 4.69) is 21.2 Å². The second kappa shape index (κ2) is 4.98. The van der Waals surface area contributed by atoms with Crippen LogP contribution < -0.4 is 5.32 Å². The summed E-state index contributed by atoms with van der Waals surface area (Å²) in [6.07, 6.45) is 0.294. The molecule has 1 aliphatic rings. The van der Waals surface area contributed by atoms with E-state index in [4.69, 9.17) is 0 Å². The number of alkyl halides is 1. The predicted molar refractivity (Wildman–Crippen MR) is 75.9 cm³/mol. The summed E-state index contributed by atoms with van der Waals surface area (Å²) in [5, 5.41) is 2.72. The van der Waals surface area contributed by atoms with Crippen LogP contribution in [0.3, 0.4) is 0 Å². The molecule has 1 amide bonds. The average molecular weight is 338 g/mol. The van der Waals surface area contributed by atoms with Gasteiger partial charge in [-0.05, 0) is 29.3 Å². The molecule has 0 aliphatic carbocycles. The molecule has 5 heteroatoms. The van der Waals surface area contributed by atoms with Crippen molar-refractivity contribution in [1.29, 1.82) is 0 Å². The summed E-state index contributed by atoms with van der Waals surface area (Å²) in [4.78, 5) is 10.7. The number of nitrogens with one attached hydrogen (secondary N) is 1. The Bertz CT molecular complexity index is 682. The molecule has 102 valence electrons. The number of carbonyl (C=O) groups is 1. The Hall–Kier alpha value is -1.75. The predicted octanol–water partition coefficient (Wildman–Crippen LogP) is 3.94. The van der Waals surface area contributed by atoms with E-state index in [1.807, 2.05) is 0 Å². The second-order valence-corrected chi connectivity index (χ2v) is 5.56. The summed E-state index contributed by atoms with van der Waals surface area (Å²) in [7, 11) is 0. The number of benzene rings is 2. The highest BCUT2D eigenvalue weighted by Gasteiger charge is 2.23. The van der Waals surface area contributed by atoms with Crippen molar-refractivity contribution < 1.29 is 13.6 Å². The van der Waals surface area contributed by atoms with Crippen molar-refractivity contribution in [2.75, 3.05) is 5.32 Å². The van der Waals surface area contributed by atoms with E-state index in [1.165, 1.54) is 18.2 Å². The maximum Gasteiger partial charge on any atom is 0.228 e. The highest BCUT2D eigenvalue weighted by atomic mass is 79.9. The SMILES string of the molecule is O=C1Cc2cc(C(Br)c3c(F)cccc3F)ccc2N1. The molecule has 0 saturated heterocycles. The lowest BCUT2D eigenvalue weighted by molar-refractivity contribution is -0.115. The molecule has 0 spiro atoms. The van der Waals surface area contributed by atoms with E-state index in [0.717, 1.165) is 11.3 Å². The topological polar surface area (TPSA) is 29.1 Å². The number of halogens is 3. The molecule has 2 aromatic rings. The minimum Gasteiger partial charge on any atom is -0.326 e. The van der Waals surface area contributed by atoms with Crippen LogP contribution in [0.1, 0.15) is 21.5 Å². The van der Waals surface area contributed by atoms with Crippen molar-refractivity contribution in [2.45, 2.75) is 11.2 Å². The number of rotatable bonds is 2. The van der Waals surface area contributed by atoms with E-state index in [-0.39, 0.29) is 11.5 Å². The van der Waals surface area contributed by atoms with Gasteiger partial charge in [0.1, 0.15) is 11.6 Å². The van der Waals surface area contributed by atoms with Gasteiger partial charge in [-0.2, -0.15) is 0 Å². The molecule has 1 heterocycles. The zero-order valence-electron chi connectivity index (χ0n) is 10.3. The van der Waals surface area contributed by atoms with E-state index in [1.54, 1.807) is 18.2 Å². The van der Waals surface area contributed by atoms with Gasteiger partial charge in [0.25, 0.3) is 0 Å². The van der Waals surface area contributed by atoms with Crippen molar-refractivity contribution in [3.63, 3.8) is 0 Å². The van der Waals surface area contributed by atoms with Gasteiger partial charge >= 0.3 is 0 Å². The molecule has 20 heavy (non-hydrogen) atoms. The van der Waals surface area contributed by atoms with Crippen molar-refractivity contribution in [3.05, 3.63) is 64.7 Å². The third kappa shape index (κ3) is 2.22. The minimum atomic E-state index is -0.596. The van der Waals surface area contributed by atoms with Crippen molar-refractivity contribution >= 4 is 27.5 Å². The number of hydrogen-bond donors (Lipinski definition) is 1. The number of amides is 1.